The summed E-state index contributed by atoms with van der Waals surface area (Å²) in [5.41, 5.74) is 7.27. The van der Waals surface area contributed by atoms with Gasteiger partial charge in [-0.25, -0.2) is 4.39 Å². The van der Waals surface area contributed by atoms with Gasteiger partial charge < -0.3 is 41.6 Å². The maximum atomic E-state index is 13.2. The van der Waals surface area contributed by atoms with Crippen LogP contribution in [-0.2, 0) is 16.0 Å². The first-order chi connectivity index (χ1) is 19.1. The first kappa shape index (κ1) is 29.6. The Morgan fingerprint density at radius 3 is 2.36 bits per heavy atom. The average molecular weight is 543 g/mol. The molecule has 7 N–H and O–H groups in total. The SMILES string of the molecule is NCCOCCOCCNC(=O)c1cccc(Nc2nc(NCCCO)nc(NCc3ccc(F)cc3)n2)c1. The Bertz CT molecular complexity index is 1150. The topological polar surface area (TPSA) is 169 Å². The fourth-order valence-electron chi connectivity index (χ4n) is 3.26. The number of nitrogens with two attached hydrogens (primary N) is 1. The molecule has 3 aromatic rings. The summed E-state index contributed by atoms with van der Waals surface area (Å²) in [5.74, 6) is 0.302. The number of nitrogens with zero attached hydrogens (tertiary/aromatic N) is 3. The lowest BCUT2D eigenvalue weighted by Crippen LogP contribution is -2.27. The van der Waals surface area contributed by atoms with Gasteiger partial charge in [0.15, 0.2) is 0 Å². The number of amides is 1. The van der Waals surface area contributed by atoms with Gasteiger partial charge in [-0.2, -0.15) is 15.0 Å². The first-order valence-corrected chi connectivity index (χ1v) is 12.7. The fourth-order valence-corrected chi connectivity index (χ4v) is 3.26. The summed E-state index contributed by atoms with van der Waals surface area (Å²) in [5, 5.41) is 21.2. The lowest BCUT2D eigenvalue weighted by molar-refractivity contribution is 0.0511. The van der Waals surface area contributed by atoms with E-state index in [1.165, 1.54) is 12.1 Å². The molecule has 0 spiro atoms. The van der Waals surface area contributed by atoms with E-state index in [0.717, 1.165) is 5.56 Å². The number of nitrogens with one attached hydrogen (secondary N) is 4. The van der Waals surface area contributed by atoms with E-state index in [0.29, 0.717) is 82.2 Å². The van der Waals surface area contributed by atoms with Crippen LogP contribution in [0.1, 0.15) is 22.3 Å². The molecular formula is C26H35FN8O4. The van der Waals surface area contributed by atoms with Crippen molar-refractivity contribution >= 4 is 29.4 Å². The normalized spacial score (nSPS) is 10.7. The predicted octanol–water partition coefficient (Wildman–Crippen LogP) is 1.88. The molecule has 2 aromatic carbocycles. The van der Waals surface area contributed by atoms with Crippen LogP contribution in [0.25, 0.3) is 0 Å². The monoisotopic (exact) mass is 542 g/mol. The van der Waals surface area contributed by atoms with Gasteiger partial charge in [-0.1, -0.05) is 18.2 Å². The van der Waals surface area contributed by atoms with E-state index in [-0.39, 0.29) is 24.3 Å². The molecular weight excluding hydrogens is 507 g/mol. The Balaban J connectivity index is 1.59. The molecule has 0 saturated carbocycles. The zero-order valence-corrected chi connectivity index (χ0v) is 21.7. The smallest absolute Gasteiger partial charge is 0.251 e. The molecule has 3 rings (SSSR count). The second kappa shape index (κ2) is 16.8. The molecule has 0 aliphatic rings. The fraction of sp³-hybridized carbons (Fsp3) is 0.385. The van der Waals surface area contributed by atoms with Crippen LogP contribution in [0.15, 0.2) is 48.5 Å². The number of carbonyl (C=O) groups excluding carboxylic acids is 1. The lowest BCUT2D eigenvalue weighted by Gasteiger charge is -2.12. The standard InChI is InChI=1S/C26H35FN8O4/c27-21-7-5-19(6-8-21)18-31-25-33-24(30-10-2-12-36)34-26(35-25)32-22-4-1-3-20(17-22)23(37)29-11-14-39-16-15-38-13-9-28/h1,3-8,17,36H,2,9-16,18,28H2,(H,29,37)(H3,30,31,32,33,34,35). The van der Waals surface area contributed by atoms with Crippen LogP contribution in [0, 0.1) is 5.82 Å². The van der Waals surface area contributed by atoms with E-state index >= 15 is 0 Å². The molecule has 1 heterocycles. The molecule has 0 atom stereocenters. The van der Waals surface area contributed by atoms with Crippen LogP contribution in [0.4, 0.5) is 27.9 Å². The number of anilines is 4. The number of aliphatic hydroxyl groups excluding tert-OH is 1. The van der Waals surface area contributed by atoms with E-state index in [1.807, 2.05) is 0 Å². The van der Waals surface area contributed by atoms with E-state index in [2.05, 4.69) is 36.2 Å². The summed E-state index contributed by atoms with van der Waals surface area (Å²) in [6.45, 7) is 3.43. The second-order valence-corrected chi connectivity index (χ2v) is 8.27. The molecule has 0 radical (unpaired) electrons. The maximum Gasteiger partial charge on any atom is 0.251 e. The second-order valence-electron chi connectivity index (χ2n) is 8.27. The van der Waals surface area contributed by atoms with Crippen molar-refractivity contribution in [1.82, 2.24) is 20.3 Å². The van der Waals surface area contributed by atoms with Crippen molar-refractivity contribution < 1.29 is 23.8 Å². The third-order valence-corrected chi connectivity index (χ3v) is 5.16. The largest absolute Gasteiger partial charge is 0.396 e. The van der Waals surface area contributed by atoms with Crippen LogP contribution in [-0.4, -0.2) is 78.6 Å². The Hall–Kier alpha value is -3.91. The Kier molecular flexibility index (Phi) is 12.8. The summed E-state index contributed by atoms with van der Waals surface area (Å²) < 4.78 is 23.9. The van der Waals surface area contributed by atoms with Crippen molar-refractivity contribution in [2.45, 2.75) is 13.0 Å². The average Bonchev–Trinajstić information content (AvgIpc) is 2.94. The van der Waals surface area contributed by atoms with Crippen molar-refractivity contribution in [3.63, 3.8) is 0 Å². The quantitative estimate of drug-likeness (QED) is 0.130. The lowest BCUT2D eigenvalue weighted by atomic mass is 10.2. The molecule has 39 heavy (non-hydrogen) atoms. The molecule has 0 unspecified atom stereocenters. The maximum absolute atomic E-state index is 13.2. The van der Waals surface area contributed by atoms with Gasteiger partial charge in [0.05, 0.1) is 26.4 Å². The van der Waals surface area contributed by atoms with Gasteiger partial charge >= 0.3 is 0 Å². The summed E-state index contributed by atoms with van der Waals surface area (Å²) >= 11 is 0. The molecule has 0 bridgehead atoms. The van der Waals surface area contributed by atoms with Crippen LogP contribution in [0.2, 0.25) is 0 Å². The summed E-state index contributed by atoms with van der Waals surface area (Å²) in [6, 6.07) is 13.0. The molecule has 210 valence electrons. The molecule has 0 saturated heterocycles. The number of aliphatic hydroxyl groups is 1. The number of hydrogen-bond acceptors (Lipinski definition) is 11. The number of halogens is 1. The molecule has 0 aliphatic heterocycles. The van der Waals surface area contributed by atoms with Gasteiger partial charge in [-0.15, -0.1) is 0 Å². The minimum atomic E-state index is -0.311. The highest BCUT2D eigenvalue weighted by Gasteiger charge is 2.10. The first-order valence-electron chi connectivity index (χ1n) is 12.7. The Morgan fingerprint density at radius 2 is 1.62 bits per heavy atom. The third kappa shape index (κ3) is 11.2. The van der Waals surface area contributed by atoms with Crippen LogP contribution >= 0.6 is 0 Å². The van der Waals surface area contributed by atoms with Crippen LogP contribution in [0.3, 0.4) is 0 Å². The molecule has 0 aliphatic carbocycles. The predicted molar refractivity (Wildman–Crippen MR) is 146 cm³/mol. The van der Waals surface area contributed by atoms with Crippen LogP contribution in [0.5, 0.6) is 0 Å². The Morgan fingerprint density at radius 1 is 0.897 bits per heavy atom. The number of aromatic nitrogens is 3. The van der Waals surface area contributed by atoms with E-state index in [4.69, 9.17) is 20.3 Å². The number of ether oxygens (including phenoxy) is 2. The molecule has 1 aromatic heterocycles. The highest BCUT2D eigenvalue weighted by molar-refractivity contribution is 5.95. The van der Waals surface area contributed by atoms with Gasteiger partial charge in [-0.3, -0.25) is 4.79 Å². The molecule has 1 amide bonds. The molecule has 13 heteroatoms. The highest BCUT2D eigenvalue weighted by atomic mass is 19.1. The van der Waals surface area contributed by atoms with Gasteiger partial charge in [0, 0.05) is 44.0 Å². The number of carbonyl (C=O) groups is 1. The van der Waals surface area contributed by atoms with Gasteiger partial charge in [-0.05, 0) is 42.3 Å². The summed E-state index contributed by atoms with van der Waals surface area (Å²) in [6.07, 6.45) is 0.525. The van der Waals surface area contributed by atoms with E-state index in [1.54, 1.807) is 36.4 Å². The number of hydrogen-bond donors (Lipinski definition) is 6. The molecule has 12 nitrogen and oxygen atoms in total. The van der Waals surface area contributed by atoms with E-state index in [9.17, 15) is 9.18 Å². The highest BCUT2D eigenvalue weighted by Crippen LogP contribution is 2.18. The van der Waals surface area contributed by atoms with Gasteiger partial charge in [0.1, 0.15) is 5.82 Å². The zero-order valence-electron chi connectivity index (χ0n) is 21.7. The van der Waals surface area contributed by atoms with Crippen molar-refractivity contribution in [2.24, 2.45) is 5.73 Å². The minimum Gasteiger partial charge on any atom is -0.396 e. The number of rotatable bonds is 18. The Labute approximate surface area is 226 Å². The van der Waals surface area contributed by atoms with Crippen LogP contribution < -0.4 is 27.0 Å². The van der Waals surface area contributed by atoms with Crippen molar-refractivity contribution in [1.29, 1.82) is 0 Å². The van der Waals surface area contributed by atoms with E-state index < -0.39 is 0 Å². The third-order valence-electron chi connectivity index (χ3n) is 5.16. The minimum absolute atomic E-state index is 0.0308. The molecule has 0 fully saturated rings. The summed E-state index contributed by atoms with van der Waals surface area (Å²) in [7, 11) is 0. The van der Waals surface area contributed by atoms with Gasteiger partial charge in [0.2, 0.25) is 17.8 Å². The zero-order chi connectivity index (χ0) is 27.7. The summed E-state index contributed by atoms with van der Waals surface area (Å²) in [4.78, 5) is 25.8. The number of benzene rings is 2. The van der Waals surface area contributed by atoms with Crippen molar-refractivity contribution in [3.8, 4) is 0 Å². The van der Waals surface area contributed by atoms with Crippen molar-refractivity contribution in [2.75, 3.05) is 68.6 Å². The van der Waals surface area contributed by atoms with Gasteiger partial charge in [0.25, 0.3) is 5.91 Å². The van der Waals surface area contributed by atoms with Crippen molar-refractivity contribution in [3.05, 3.63) is 65.5 Å².